The summed E-state index contributed by atoms with van der Waals surface area (Å²) in [6.45, 7) is 8.00. The maximum atomic E-state index is 12.6. The fraction of sp³-hybridized carbons (Fsp3) is 0.688. The Hall–Kier alpha value is -1.34. The molecule has 1 atom stereocenters. The van der Waals surface area contributed by atoms with Crippen molar-refractivity contribution in [1.29, 1.82) is 0 Å². The summed E-state index contributed by atoms with van der Waals surface area (Å²) in [4.78, 5) is 14.4. The Balaban J connectivity index is 2.20. The lowest BCUT2D eigenvalue weighted by Crippen LogP contribution is -2.43. The molecule has 0 radical (unpaired) electrons. The van der Waals surface area contributed by atoms with E-state index in [1.807, 2.05) is 0 Å². The van der Waals surface area contributed by atoms with Gasteiger partial charge in [0, 0.05) is 18.1 Å². The predicted octanol–water partition coefficient (Wildman–Crippen LogP) is 2.76. The van der Waals surface area contributed by atoms with Crippen LogP contribution in [0.3, 0.4) is 0 Å². The van der Waals surface area contributed by atoms with Gasteiger partial charge in [0.25, 0.3) is 15.9 Å². The van der Waals surface area contributed by atoms with Gasteiger partial charge >= 0.3 is 0 Å². The molecule has 1 aliphatic heterocycles. The van der Waals surface area contributed by atoms with Gasteiger partial charge in [-0.25, -0.2) is 13.1 Å². The molecule has 1 fully saturated rings. The van der Waals surface area contributed by atoms with Crippen LogP contribution in [0.4, 0.5) is 0 Å². The van der Waals surface area contributed by atoms with Crippen LogP contribution in [0.5, 0.6) is 0 Å². The van der Waals surface area contributed by atoms with E-state index in [0.29, 0.717) is 6.54 Å². The first-order valence-corrected chi connectivity index (χ1v) is 9.57. The molecule has 6 nitrogen and oxygen atoms in total. The number of hydrogen-bond acceptors (Lipinski definition) is 4. The highest BCUT2D eigenvalue weighted by Crippen LogP contribution is 2.24. The summed E-state index contributed by atoms with van der Waals surface area (Å²) in [6.07, 6.45) is 3.97. The molecule has 0 bridgehead atoms. The summed E-state index contributed by atoms with van der Waals surface area (Å²) in [6, 6.07) is 2.99. The highest BCUT2D eigenvalue weighted by atomic mass is 32.2. The number of piperidine rings is 1. The van der Waals surface area contributed by atoms with Gasteiger partial charge in [0.1, 0.15) is 0 Å². The smallest absolute Gasteiger partial charge is 0.289 e. The quantitative estimate of drug-likeness (QED) is 0.912. The zero-order chi connectivity index (χ0) is 17.3. The number of furan rings is 1. The van der Waals surface area contributed by atoms with E-state index in [1.165, 1.54) is 12.1 Å². The molecule has 0 aliphatic carbocycles. The zero-order valence-electron chi connectivity index (χ0n) is 14.3. The van der Waals surface area contributed by atoms with E-state index in [1.54, 1.807) is 25.7 Å². The van der Waals surface area contributed by atoms with Crippen LogP contribution >= 0.6 is 0 Å². The van der Waals surface area contributed by atoms with Crippen molar-refractivity contribution >= 4 is 15.9 Å². The molecule has 1 aliphatic rings. The van der Waals surface area contributed by atoms with E-state index in [-0.39, 0.29) is 22.8 Å². The van der Waals surface area contributed by atoms with Crippen molar-refractivity contribution in [3.63, 3.8) is 0 Å². The number of nitrogens with zero attached hydrogens (tertiary/aromatic N) is 1. The molecular formula is C16H26N2O4S. The maximum Gasteiger partial charge on any atom is 0.289 e. The van der Waals surface area contributed by atoms with Crippen LogP contribution in [-0.2, 0) is 10.0 Å². The lowest BCUT2D eigenvalue weighted by atomic mass is 10.00. The maximum absolute atomic E-state index is 12.6. The van der Waals surface area contributed by atoms with Crippen molar-refractivity contribution < 1.29 is 17.6 Å². The first-order valence-electron chi connectivity index (χ1n) is 8.09. The Kier molecular flexibility index (Phi) is 5.20. The van der Waals surface area contributed by atoms with Crippen LogP contribution in [0.15, 0.2) is 21.6 Å². The number of sulfonamides is 1. The van der Waals surface area contributed by atoms with E-state index < -0.39 is 15.6 Å². The van der Waals surface area contributed by atoms with Crippen molar-refractivity contribution in [2.24, 2.45) is 0 Å². The van der Waals surface area contributed by atoms with Crippen LogP contribution < -0.4 is 4.72 Å². The first kappa shape index (κ1) is 18.0. The minimum atomic E-state index is -3.77. The monoisotopic (exact) mass is 342 g/mol. The third-order valence-electron chi connectivity index (χ3n) is 3.86. The van der Waals surface area contributed by atoms with Crippen molar-refractivity contribution in [2.45, 2.75) is 70.1 Å². The van der Waals surface area contributed by atoms with Crippen LogP contribution in [0.2, 0.25) is 0 Å². The molecule has 7 heteroatoms. The topological polar surface area (TPSA) is 79.6 Å². The minimum Gasteiger partial charge on any atom is -0.438 e. The zero-order valence-corrected chi connectivity index (χ0v) is 15.1. The molecule has 23 heavy (non-hydrogen) atoms. The molecule has 1 saturated heterocycles. The largest absolute Gasteiger partial charge is 0.438 e. The van der Waals surface area contributed by atoms with Gasteiger partial charge in [-0.3, -0.25) is 4.79 Å². The summed E-state index contributed by atoms with van der Waals surface area (Å²) in [5, 5.41) is -0.221. The van der Waals surface area contributed by atoms with Gasteiger partial charge in [0.15, 0.2) is 5.76 Å². The molecule has 1 N–H and O–H groups in total. The van der Waals surface area contributed by atoms with Crippen molar-refractivity contribution in [3.8, 4) is 0 Å². The molecule has 1 amide bonds. The summed E-state index contributed by atoms with van der Waals surface area (Å²) < 4.78 is 32.4. The number of nitrogens with one attached hydrogen (secondary N) is 1. The van der Waals surface area contributed by atoms with Crippen LogP contribution in [0.25, 0.3) is 0 Å². The van der Waals surface area contributed by atoms with Crippen LogP contribution in [-0.4, -0.2) is 37.4 Å². The fourth-order valence-electron chi connectivity index (χ4n) is 2.87. The van der Waals surface area contributed by atoms with Gasteiger partial charge in [-0.05, 0) is 58.6 Å². The van der Waals surface area contributed by atoms with Crippen LogP contribution in [0, 0.1) is 0 Å². The Morgan fingerprint density at radius 3 is 2.65 bits per heavy atom. The Morgan fingerprint density at radius 2 is 2.04 bits per heavy atom. The third kappa shape index (κ3) is 4.35. The van der Waals surface area contributed by atoms with Gasteiger partial charge in [0.05, 0.1) is 0 Å². The average molecular weight is 342 g/mol. The lowest BCUT2D eigenvalue weighted by Gasteiger charge is -2.34. The van der Waals surface area contributed by atoms with E-state index in [9.17, 15) is 13.2 Å². The van der Waals surface area contributed by atoms with Crippen molar-refractivity contribution in [2.75, 3.05) is 6.54 Å². The Morgan fingerprint density at radius 1 is 1.35 bits per heavy atom. The SMILES string of the molecule is CCC1CCCCN1C(=O)c1ccc(S(=O)(=O)NC(C)(C)C)o1. The van der Waals surface area contributed by atoms with E-state index in [4.69, 9.17) is 4.42 Å². The second-order valence-electron chi connectivity index (χ2n) is 7.03. The summed E-state index contributed by atoms with van der Waals surface area (Å²) in [5.74, 6) is -0.145. The van der Waals surface area contributed by atoms with E-state index >= 15 is 0 Å². The predicted molar refractivity (Wildman–Crippen MR) is 87.7 cm³/mol. The van der Waals surface area contributed by atoms with Gasteiger partial charge in [-0.2, -0.15) is 0 Å². The van der Waals surface area contributed by atoms with Gasteiger partial charge in [-0.1, -0.05) is 6.92 Å². The molecule has 1 aromatic heterocycles. The normalized spacial score (nSPS) is 19.8. The molecule has 1 unspecified atom stereocenters. The van der Waals surface area contributed by atoms with Gasteiger partial charge in [-0.15, -0.1) is 0 Å². The molecule has 130 valence electrons. The molecule has 0 spiro atoms. The fourth-order valence-corrected chi connectivity index (χ4v) is 4.22. The highest BCUT2D eigenvalue weighted by molar-refractivity contribution is 7.89. The number of carbonyl (C=O) groups is 1. The second kappa shape index (κ2) is 6.65. The number of carbonyl (C=O) groups excluding carboxylic acids is 1. The van der Waals surface area contributed by atoms with E-state index in [0.717, 1.165) is 25.7 Å². The first-order chi connectivity index (χ1) is 10.6. The number of likely N-dealkylation sites (tertiary alicyclic amines) is 1. The molecule has 0 saturated carbocycles. The molecule has 2 rings (SSSR count). The number of amides is 1. The molecule has 2 heterocycles. The van der Waals surface area contributed by atoms with Crippen molar-refractivity contribution in [3.05, 3.63) is 17.9 Å². The summed E-state index contributed by atoms with van der Waals surface area (Å²) in [7, 11) is -3.77. The average Bonchev–Trinajstić information content (AvgIpc) is 2.94. The molecule has 0 aromatic carbocycles. The van der Waals surface area contributed by atoms with Crippen LogP contribution in [0.1, 0.15) is 63.9 Å². The van der Waals surface area contributed by atoms with Gasteiger partial charge in [0.2, 0.25) is 5.09 Å². The standard InChI is InChI=1S/C16H26N2O4S/c1-5-12-8-6-7-11-18(12)15(19)13-9-10-14(22-13)23(20,21)17-16(2,3)4/h9-10,12,17H,5-8,11H2,1-4H3. The van der Waals surface area contributed by atoms with Crippen molar-refractivity contribution in [1.82, 2.24) is 9.62 Å². The lowest BCUT2D eigenvalue weighted by molar-refractivity contribution is 0.0570. The molecule has 1 aromatic rings. The number of rotatable bonds is 4. The summed E-state index contributed by atoms with van der Waals surface area (Å²) >= 11 is 0. The second-order valence-corrected chi connectivity index (χ2v) is 8.64. The Labute approximate surface area is 138 Å². The number of hydrogen-bond donors (Lipinski definition) is 1. The highest BCUT2D eigenvalue weighted by Gasteiger charge is 2.30. The van der Waals surface area contributed by atoms with E-state index in [2.05, 4.69) is 11.6 Å². The minimum absolute atomic E-state index is 0.0830. The third-order valence-corrected chi connectivity index (χ3v) is 5.49. The van der Waals surface area contributed by atoms with Gasteiger partial charge < -0.3 is 9.32 Å². The molecular weight excluding hydrogens is 316 g/mol. The Bertz CT molecular complexity index is 658. The summed E-state index contributed by atoms with van der Waals surface area (Å²) in [5.41, 5.74) is -0.615.